The maximum atomic E-state index is 13.0. The van der Waals surface area contributed by atoms with Crippen LogP contribution in [0, 0.1) is 5.92 Å². The van der Waals surface area contributed by atoms with Gasteiger partial charge in [-0.15, -0.1) is 0 Å². The number of hydrogen-bond donors (Lipinski definition) is 2. The molecule has 1 atom stereocenters. The number of carbonyl (C=O) groups excluding carboxylic acids is 3. The molecule has 0 saturated heterocycles. The number of phenols is 1. The summed E-state index contributed by atoms with van der Waals surface area (Å²) in [6.07, 6.45) is 0.803. The zero-order valence-electron chi connectivity index (χ0n) is 21.7. The van der Waals surface area contributed by atoms with Gasteiger partial charge in [-0.25, -0.2) is 0 Å². The van der Waals surface area contributed by atoms with Crippen molar-refractivity contribution in [3.05, 3.63) is 65.2 Å². The van der Waals surface area contributed by atoms with Gasteiger partial charge in [0.2, 0.25) is 5.91 Å². The van der Waals surface area contributed by atoms with Crippen LogP contribution in [0.25, 0.3) is 6.08 Å². The number of amides is 1. The van der Waals surface area contributed by atoms with E-state index in [1.807, 2.05) is 30.3 Å². The Balaban J connectivity index is 2.43. The second-order valence-corrected chi connectivity index (χ2v) is 10.3. The molecule has 1 amide bonds. The zero-order chi connectivity index (χ0) is 27.1. The van der Waals surface area contributed by atoms with Crippen LogP contribution in [0.3, 0.4) is 0 Å². The molecule has 0 radical (unpaired) electrons. The van der Waals surface area contributed by atoms with E-state index in [1.54, 1.807) is 53.7 Å². The van der Waals surface area contributed by atoms with Crippen molar-refractivity contribution in [1.29, 1.82) is 0 Å². The van der Waals surface area contributed by atoms with Crippen molar-refractivity contribution < 1.29 is 33.7 Å². The molecule has 2 aromatic carbocycles. The van der Waals surface area contributed by atoms with Gasteiger partial charge in [0.25, 0.3) is 0 Å². The molecule has 0 saturated carbocycles. The fraction of sp³-hybridized carbons (Fsp3) is 0.393. The Hall–Kier alpha value is -3.81. The first-order valence-electron chi connectivity index (χ1n) is 11.6. The van der Waals surface area contributed by atoms with Gasteiger partial charge in [-0.2, -0.15) is 0 Å². The predicted octanol–water partition coefficient (Wildman–Crippen LogP) is 4.53. The maximum Gasteiger partial charge on any atom is 0.314 e. The van der Waals surface area contributed by atoms with E-state index in [0.29, 0.717) is 0 Å². The van der Waals surface area contributed by atoms with E-state index >= 15 is 0 Å². The standard InChI is InChI=1S/C28H35NO7/c1-27(2,3)35-23(30)16-21(26(33)36-28(4,5)6)20(25(29)32)15-19-13-10-14-22(24(19)31)34-17-18-11-8-7-9-12-18/h7-15,21,31H,16-17H2,1-6H3,(H2,29,32)/b20-15+/t21-/m0/s1. The van der Waals surface area contributed by atoms with E-state index in [2.05, 4.69) is 0 Å². The molecule has 0 spiro atoms. The van der Waals surface area contributed by atoms with E-state index in [-0.39, 0.29) is 29.2 Å². The van der Waals surface area contributed by atoms with E-state index in [9.17, 15) is 19.5 Å². The molecule has 0 heterocycles. The van der Waals surface area contributed by atoms with E-state index < -0.39 is 41.4 Å². The molecule has 0 bridgehead atoms. The normalized spacial score (nSPS) is 13.0. The lowest BCUT2D eigenvalue weighted by Crippen LogP contribution is -2.35. The number of nitrogens with two attached hydrogens (primary N) is 1. The van der Waals surface area contributed by atoms with Crippen LogP contribution in [0.2, 0.25) is 0 Å². The fourth-order valence-electron chi connectivity index (χ4n) is 3.26. The molecule has 2 aromatic rings. The lowest BCUT2D eigenvalue weighted by Gasteiger charge is -2.26. The SMILES string of the molecule is CC(C)(C)OC(=O)C[C@H](C(=O)OC(C)(C)C)/C(=C\c1cccc(OCc2ccccc2)c1O)C(N)=O. The molecule has 0 fully saturated rings. The van der Waals surface area contributed by atoms with Gasteiger partial charge in [-0.05, 0) is 59.2 Å². The third-order valence-corrected chi connectivity index (χ3v) is 4.72. The first kappa shape index (κ1) is 28.4. The van der Waals surface area contributed by atoms with Crippen LogP contribution in [-0.2, 0) is 30.5 Å². The van der Waals surface area contributed by atoms with E-state index in [4.69, 9.17) is 19.9 Å². The van der Waals surface area contributed by atoms with Crippen molar-refractivity contribution >= 4 is 23.9 Å². The number of hydrogen-bond acceptors (Lipinski definition) is 7. The lowest BCUT2D eigenvalue weighted by atomic mass is 9.92. The van der Waals surface area contributed by atoms with Crippen molar-refractivity contribution in [2.45, 2.75) is 65.8 Å². The Morgan fingerprint density at radius 1 is 0.917 bits per heavy atom. The highest BCUT2D eigenvalue weighted by Crippen LogP contribution is 2.34. The molecule has 0 aromatic heterocycles. The molecular weight excluding hydrogens is 462 g/mol. The molecule has 2 rings (SSSR count). The number of para-hydroxylation sites is 1. The topological polar surface area (TPSA) is 125 Å². The Morgan fingerprint density at radius 2 is 1.53 bits per heavy atom. The molecular formula is C28H35NO7. The van der Waals surface area contributed by atoms with Crippen molar-refractivity contribution in [2.75, 3.05) is 0 Å². The third kappa shape index (κ3) is 9.09. The summed E-state index contributed by atoms with van der Waals surface area (Å²) in [5.74, 6) is -3.86. The highest BCUT2D eigenvalue weighted by molar-refractivity contribution is 6.03. The summed E-state index contributed by atoms with van der Waals surface area (Å²) in [5.41, 5.74) is 4.85. The van der Waals surface area contributed by atoms with E-state index in [1.165, 1.54) is 12.1 Å². The first-order valence-corrected chi connectivity index (χ1v) is 11.6. The van der Waals surface area contributed by atoms with Gasteiger partial charge in [-0.1, -0.05) is 42.5 Å². The predicted molar refractivity (Wildman–Crippen MR) is 136 cm³/mol. The Bertz CT molecular complexity index is 1110. The Labute approximate surface area is 212 Å². The van der Waals surface area contributed by atoms with Crippen LogP contribution < -0.4 is 10.5 Å². The average molecular weight is 498 g/mol. The highest BCUT2D eigenvalue weighted by Gasteiger charge is 2.34. The van der Waals surface area contributed by atoms with Crippen molar-refractivity contribution in [1.82, 2.24) is 0 Å². The number of rotatable bonds is 9. The minimum absolute atomic E-state index is 0.178. The van der Waals surface area contributed by atoms with Gasteiger partial charge in [0.15, 0.2) is 11.5 Å². The van der Waals surface area contributed by atoms with Gasteiger partial charge >= 0.3 is 11.9 Å². The quantitative estimate of drug-likeness (QED) is 0.385. The summed E-state index contributed by atoms with van der Waals surface area (Å²) in [4.78, 5) is 38.1. The third-order valence-electron chi connectivity index (χ3n) is 4.72. The number of carbonyl (C=O) groups is 3. The van der Waals surface area contributed by atoms with Crippen LogP contribution in [0.5, 0.6) is 11.5 Å². The molecule has 8 heteroatoms. The summed E-state index contributed by atoms with van der Waals surface area (Å²) in [5, 5.41) is 10.8. The summed E-state index contributed by atoms with van der Waals surface area (Å²) in [7, 11) is 0. The van der Waals surface area contributed by atoms with Crippen LogP contribution in [0.15, 0.2) is 54.1 Å². The number of phenolic OH excluding ortho intramolecular Hbond substituents is 1. The van der Waals surface area contributed by atoms with Crippen LogP contribution >= 0.6 is 0 Å². The number of esters is 2. The average Bonchev–Trinajstić information content (AvgIpc) is 2.74. The van der Waals surface area contributed by atoms with Gasteiger partial charge in [0, 0.05) is 11.1 Å². The largest absolute Gasteiger partial charge is 0.504 e. The molecule has 0 aliphatic rings. The number of ether oxygens (including phenoxy) is 3. The van der Waals surface area contributed by atoms with Crippen molar-refractivity contribution in [2.24, 2.45) is 11.7 Å². The molecule has 0 aliphatic carbocycles. The Morgan fingerprint density at radius 3 is 2.08 bits per heavy atom. The minimum Gasteiger partial charge on any atom is -0.504 e. The van der Waals surface area contributed by atoms with Crippen LogP contribution in [0.4, 0.5) is 0 Å². The van der Waals surface area contributed by atoms with Gasteiger partial charge < -0.3 is 25.1 Å². The van der Waals surface area contributed by atoms with Crippen molar-refractivity contribution in [3.8, 4) is 11.5 Å². The Kier molecular flexibility index (Phi) is 9.28. The lowest BCUT2D eigenvalue weighted by molar-refractivity contribution is -0.166. The summed E-state index contributed by atoms with van der Waals surface area (Å²) in [6, 6.07) is 14.1. The molecule has 8 nitrogen and oxygen atoms in total. The second-order valence-electron chi connectivity index (χ2n) is 10.3. The molecule has 0 aliphatic heterocycles. The second kappa shape index (κ2) is 11.7. The van der Waals surface area contributed by atoms with Gasteiger partial charge in [0.05, 0.1) is 12.3 Å². The number of primary amides is 1. The monoisotopic (exact) mass is 497 g/mol. The van der Waals surface area contributed by atoms with Crippen molar-refractivity contribution in [3.63, 3.8) is 0 Å². The number of aromatic hydroxyl groups is 1. The smallest absolute Gasteiger partial charge is 0.314 e. The first-order chi connectivity index (χ1) is 16.7. The van der Waals surface area contributed by atoms with Gasteiger partial charge in [-0.3, -0.25) is 14.4 Å². The van der Waals surface area contributed by atoms with E-state index in [0.717, 1.165) is 5.56 Å². The molecule has 36 heavy (non-hydrogen) atoms. The highest BCUT2D eigenvalue weighted by atomic mass is 16.6. The zero-order valence-corrected chi connectivity index (χ0v) is 21.7. The summed E-state index contributed by atoms with van der Waals surface area (Å²) >= 11 is 0. The fourth-order valence-corrected chi connectivity index (χ4v) is 3.26. The maximum absolute atomic E-state index is 13.0. The summed E-state index contributed by atoms with van der Waals surface area (Å²) < 4.78 is 16.5. The molecule has 0 unspecified atom stereocenters. The number of benzene rings is 2. The van der Waals surface area contributed by atoms with Crippen LogP contribution in [0.1, 0.15) is 59.1 Å². The molecule has 194 valence electrons. The van der Waals surface area contributed by atoms with Gasteiger partial charge in [0.1, 0.15) is 17.8 Å². The minimum atomic E-state index is -1.34. The summed E-state index contributed by atoms with van der Waals surface area (Å²) in [6.45, 7) is 10.3. The molecule has 3 N–H and O–H groups in total. The van der Waals surface area contributed by atoms with Crippen LogP contribution in [-0.4, -0.2) is 34.2 Å².